The summed E-state index contributed by atoms with van der Waals surface area (Å²) in [4.78, 5) is 28.7. The van der Waals surface area contributed by atoms with Crippen molar-refractivity contribution in [3.8, 4) is 0 Å². The number of ether oxygens (including phenoxy) is 1. The maximum absolute atomic E-state index is 9.84. The Morgan fingerprint density at radius 2 is 1.21 bits per heavy atom. The zero-order chi connectivity index (χ0) is 18.2. The van der Waals surface area contributed by atoms with E-state index in [2.05, 4.69) is 11.3 Å². The first-order chi connectivity index (χ1) is 10.2. The summed E-state index contributed by atoms with van der Waals surface area (Å²) in [5, 5.41) is 49.4. The number of carboxylic acid groups (broad SMARTS) is 2. The summed E-state index contributed by atoms with van der Waals surface area (Å²) in [6, 6.07) is 0. The van der Waals surface area contributed by atoms with Gasteiger partial charge in [0.1, 0.15) is 6.42 Å². The van der Waals surface area contributed by atoms with Gasteiger partial charge in [0.05, 0.1) is 39.0 Å². The molecule has 0 amide bonds. The average Bonchev–Trinajstić information content (AvgIpc) is 2.49. The second-order valence-corrected chi connectivity index (χ2v) is 3.82. The lowest BCUT2D eigenvalue weighted by Gasteiger charge is -2.23. The van der Waals surface area contributed by atoms with Crippen LogP contribution in [-0.4, -0.2) is 82.1 Å². The fourth-order valence-electron chi connectivity index (χ4n) is 0.513. The number of aliphatic hydroxyl groups excluding tert-OH is 4. The van der Waals surface area contributed by atoms with E-state index in [1.54, 1.807) is 0 Å². The molecule has 0 rings (SSSR count). The fraction of sp³-hybridized carbons (Fsp3) is 0.583. The van der Waals surface area contributed by atoms with Crippen LogP contribution >= 0.6 is 0 Å². The molecule has 0 aromatic heterocycles. The molecule has 0 aliphatic rings. The molecule has 0 atom stereocenters. The van der Waals surface area contributed by atoms with Gasteiger partial charge in [-0.3, -0.25) is 9.59 Å². The van der Waals surface area contributed by atoms with Crippen LogP contribution in [0.5, 0.6) is 0 Å². The molecule has 0 saturated heterocycles. The number of hydrogen-bond donors (Lipinski definition) is 8. The van der Waals surface area contributed by atoms with Gasteiger partial charge in [0, 0.05) is 6.08 Å². The van der Waals surface area contributed by atoms with Gasteiger partial charge in [-0.15, -0.1) is 0 Å². The summed E-state index contributed by atoms with van der Waals surface area (Å²) in [6.45, 7) is 1.53. The van der Waals surface area contributed by atoms with Crippen LogP contribution in [0.15, 0.2) is 12.7 Å². The molecule has 0 spiro atoms. The number of aliphatic hydroxyl groups is 4. The standard InChI is InChI=1S/C5H12O4.C4H6O2.C3H4O4.2H3N/c6-1-5(2-7,3-8)4-9;1-3-4(5)6-2;4-2(5)1-3(6)7;;/h6-9H,1-4H2;3H,1H2,2H3;1H2,(H,4,5)(H,6,7);2*1H3. The van der Waals surface area contributed by atoms with E-state index in [0.717, 1.165) is 6.08 Å². The predicted octanol–water partition coefficient (Wildman–Crippen LogP) is -1.84. The van der Waals surface area contributed by atoms with Gasteiger partial charge >= 0.3 is 17.9 Å². The van der Waals surface area contributed by atoms with Crippen LogP contribution < -0.4 is 12.3 Å². The smallest absolute Gasteiger partial charge is 0.329 e. The highest BCUT2D eigenvalue weighted by molar-refractivity contribution is 5.88. The van der Waals surface area contributed by atoms with Crippen molar-refractivity contribution in [2.45, 2.75) is 6.42 Å². The Morgan fingerprint density at radius 3 is 1.21 bits per heavy atom. The maximum Gasteiger partial charge on any atom is 0.329 e. The molecule has 0 aliphatic heterocycles. The highest BCUT2D eigenvalue weighted by Gasteiger charge is 2.26. The van der Waals surface area contributed by atoms with E-state index in [0.29, 0.717) is 0 Å². The third-order valence-electron chi connectivity index (χ3n) is 2.01. The van der Waals surface area contributed by atoms with Crippen LogP contribution in [-0.2, 0) is 19.1 Å². The number of carbonyl (C=O) groups excluding carboxylic acids is 1. The van der Waals surface area contributed by atoms with Gasteiger partial charge < -0.3 is 47.7 Å². The van der Waals surface area contributed by atoms with Crippen LogP contribution in [0.25, 0.3) is 0 Å². The summed E-state index contributed by atoms with van der Waals surface area (Å²) in [6.07, 6.45) is 0.306. The number of carbonyl (C=O) groups is 3. The first-order valence-electron chi connectivity index (χ1n) is 5.76. The fourth-order valence-corrected chi connectivity index (χ4v) is 0.513. The number of rotatable bonds is 7. The van der Waals surface area contributed by atoms with Crippen LogP contribution in [0.3, 0.4) is 0 Å². The molecule has 12 N–H and O–H groups in total. The van der Waals surface area contributed by atoms with Crippen molar-refractivity contribution in [3.05, 3.63) is 12.7 Å². The first-order valence-corrected chi connectivity index (χ1v) is 5.76. The van der Waals surface area contributed by atoms with Gasteiger partial charge in [-0.1, -0.05) is 6.58 Å². The SMILES string of the molecule is C=CC(=O)OC.N.N.O=C(O)CC(=O)O.OCC(CO)(CO)CO. The van der Waals surface area contributed by atoms with Crippen molar-refractivity contribution in [1.82, 2.24) is 12.3 Å². The summed E-state index contributed by atoms with van der Waals surface area (Å²) >= 11 is 0. The van der Waals surface area contributed by atoms with Crippen molar-refractivity contribution < 1.29 is 49.8 Å². The third kappa shape index (κ3) is 22.2. The Hall–Kier alpha value is -2.09. The van der Waals surface area contributed by atoms with Crippen LogP contribution in [0.2, 0.25) is 0 Å². The summed E-state index contributed by atoms with van der Waals surface area (Å²) < 4.78 is 4.14. The minimum Gasteiger partial charge on any atom is -0.481 e. The number of esters is 1. The monoisotopic (exact) mass is 360 g/mol. The quantitative estimate of drug-likeness (QED) is 0.141. The second-order valence-electron chi connectivity index (χ2n) is 3.82. The molecule has 0 aromatic carbocycles. The number of aliphatic carboxylic acids is 2. The topological polar surface area (TPSA) is 252 Å². The van der Waals surface area contributed by atoms with Crippen LogP contribution in [0.4, 0.5) is 0 Å². The first kappa shape index (κ1) is 33.5. The predicted molar refractivity (Wildman–Crippen MR) is 82.9 cm³/mol. The molecule has 0 saturated carbocycles. The summed E-state index contributed by atoms with van der Waals surface area (Å²) in [5.74, 6) is -3.02. The average molecular weight is 360 g/mol. The zero-order valence-electron chi connectivity index (χ0n) is 13.6. The van der Waals surface area contributed by atoms with E-state index in [1.807, 2.05) is 0 Å². The van der Waals surface area contributed by atoms with Gasteiger partial charge in [0.25, 0.3) is 0 Å². The number of carboxylic acids is 2. The summed E-state index contributed by atoms with van der Waals surface area (Å²) in [7, 11) is 1.31. The minimum atomic E-state index is -1.31. The molecule has 0 aliphatic carbocycles. The van der Waals surface area contributed by atoms with Gasteiger partial charge in [-0.2, -0.15) is 0 Å². The van der Waals surface area contributed by atoms with E-state index < -0.39 is 56.2 Å². The highest BCUT2D eigenvalue weighted by atomic mass is 16.5. The van der Waals surface area contributed by atoms with Crippen molar-refractivity contribution in [1.29, 1.82) is 0 Å². The Kier molecular flexibility index (Phi) is 29.2. The van der Waals surface area contributed by atoms with Crippen LogP contribution in [0, 0.1) is 5.41 Å². The summed E-state index contributed by atoms with van der Waals surface area (Å²) in [5.41, 5.74) is -1.11. The van der Waals surface area contributed by atoms with E-state index in [1.165, 1.54) is 7.11 Å². The molecule has 0 bridgehead atoms. The second kappa shape index (κ2) is 20.9. The van der Waals surface area contributed by atoms with Gasteiger partial charge in [-0.25, -0.2) is 4.79 Å². The highest BCUT2D eigenvalue weighted by Crippen LogP contribution is 2.11. The Labute approximate surface area is 139 Å². The largest absolute Gasteiger partial charge is 0.481 e. The van der Waals surface area contributed by atoms with Gasteiger partial charge in [0.2, 0.25) is 0 Å². The van der Waals surface area contributed by atoms with Crippen molar-refractivity contribution >= 4 is 17.9 Å². The molecular weight excluding hydrogens is 332 g/mol. The Morgan fingerprint density at radius 1 is 0.917 bits per heavy atom. The molecule has 24 heavy (non-hydrogen) atoms. The van der Waals surface area contributed by atoms with E-state index >= 15 is 0 Å². The van der Waals surface area contributed by atoms with Crippen LogP contribution in [0.1, 0.15) is 6.42 Å². The third-order valence-corrected chi connectivity index (χ3v) is 2.01. The lowest BCUT2D eigenvalue weighted by atomic mass is 9.93. The van der Waals surface area contributed by atoms with Crippen molar-refractivity contribution in [2.24, 2.45) is 5.41 Å². The lowest BCUT2D eigenvalue weighted by molar-refractivity contribution is -0.147. The Bertz CT molecular complexity index is 315. The van der Waals surface area contributed by atoms with Crippen molar-refractivity contribution in [3.63, 3.8) is 0 Å². The van der Waals surface area contributed by atoms with Gasteiger partial charge in [-0.05, 0) is 0 Å². The number of hydrogen-bond acceptors (Lipinski definition) is 10. The molecule has 0 unspecified atom stereocenters. The molecule has 0 radical (unpaired) electrons. The Balaban J connectivity index is -0.0000000737. The molecule has 0 fully saturated rings. The van der Waals surface area contributed by atoms with E-state index in [9.17, 15) is 14.4 Å². The minimum absolute atomic E-state index is 0. The molecule has 146 valence electrons. The molecule has 0 aromatic rings. The molecular formula is C12H28N2O10. The normalized spacial score (nSPS) is 8.54. The van der Waals surface area contributed by atoms with Gasteiger partial charge in [0.15, 0.2) is 0 Å². The number of methoxy groups -OCH3 is 1. The van der Waals surface area contributed by atoms with E-state index in [-0.39, 0.29) is 12.3 Å². The molecule has 12 nitrogen and oxygen atoms in total. The molecule has 0 heterocycles. The lowest BCUT2D eigenvalue weighted by Crippen LogP contribution is -2.37. The maximum atomic E-state index is 9.84. The van der Waals surface area contributed by atoms with E-state index in [4.69, 9.17) is 30.6 Å². The molecule has 12 heteroatoms. The van der Waals surface area contributed by atoms with Crippen molar-refractivity contribution in [2.75, 3.05) is 33.5 Å². The zero-order valence-corrected chi connectivity index (χ0v) is 13.6.